The van der Waals surface area contributed by atoms with Gasteiger partial charge in [0.05, 0.1) is 10.6 Å². The quantitative estimate of drug-likeness (QED) is 0.612. The summed E-state index contributed by atoms with van der Waals surface area (Å²) in [6.07, 6.45) is -4.30. The number of thiophene rings is 1. The van der Waals surface area contributed by atoms with Crippen LogP contribution in [0.25, 0.3) is 10.1 Å². The third kappa shape index (κ3) is 5.31. The van der Waals surface area contributed by atoms with Gasteiger partial charge >= 0.3 is 12.3 Å². The van der Waals surface area contributed by atoms with Gasteiger partial charge in [0, 0.05) is 60.4 Å². The molecule has 1 aromatic carbocycles. The Bertz CT molecular complexity index is 1110. The standard InChI is InChI=1S/C23H28ClF3N4O3S/c1-22(2,23(25,26)27)34-21(33)31-7-5-15(6-8-31)29-9-11-30(12-10-29)20(32)18-16-4-3-14(24)13-17(16)35-19(18)28/h3-4,13,15H,5-12,28H2,1-2H3. The lowest BCUT2D eigenvalue weighted by Crippen LogP contribution is -2.55. The van der Waals surface area contributed by atoms with Crippen LogP contribution in [0, 0.1) is 0 Å². The predicted octanol–water partition coefficient (Wildman–Crippen LogP) is 4.84. The number of piperidine rings is 1. The molecule has 12 heteroatoms. The lowest BCUT2D eigenvalue weighted by atomic mass is 10.0. The molecule has 192 valence electrons. The van der Waals surface area contributed by atoms with E-state index in [9.17, 15) is 22.8 Å². The summed E-state index contributed by atoms with van der Waals surface area (Å²) < 4.78 is 44.7. The van der Waals surface area contributed by atoms with Gasteiger partial charge in [-0.15, -0.1) is 11.3 Å². The number of ether oxygens (including phenoxy) is 1. The Balaban J connectivity index is 1.30. The van der Waals surface area contributed by atoms with Crippen LogP contribution < -0.4 is 5.73 Å². The number of amides is 2. The van der Waals surface area contributed by atoms with Gasteiger partial charge in [0.15, 0.2) is 0 Å². The van der Waals surface area contributed by atoms with E-state index in [1.54, 1.807) is 17.0 Å². The van der Waals surface area contributed by atoms with Crippen LogP contribution in [0.3, 0.4) is 0 Å². The van der Waals surface area contributed by atoms with Crippen molar-refractivity contribution in [1.29, 1.82) is 0 Å². The van der Waals surface area contributed by atoms with Gasteiger partial charge in [-0.25, -0.2) is 4.79 Å². The Morgan fingerprint density at radius 2 is 1.69 bits per heavy atom. The summed E-state index contributed by atoms with van der Waals surface area (Å²) >= 11 is 7.41. The minimum absolute atomic E-state index is 0.0967. The molecule has 0 aliphatic carbocycles. The van der Waals surface area contributed by atoms with E-state index in [1.807, 2.05) is 6.07 Å². The highest BCUT2D eigenvalue weighted by Gasteiger charge is 2.51. The molecular weight excluding hydrogens is 505 g/mol. The fraction of sp³-hybridized carbons (Fsp3) is 0.565. The first-order valence-corrected chi connectivity index (χ1v) is 12.6. The topological polar surface area (TPSA) is 79.1 Å². The molecule has 2 amide bonds. The molecule has 2 fully saturated rings. The fourth-order valence-electron chi connectivity index (χ4n) is 4.51. The monoisotopic (exact) mass is 532 g/mol. The summed E-state index contributed by atoms with van der Waals surface area (Å²) in [5.41, 5.74) is 4.15. The number of hydrogen-bond donors (Lipinski definition) is 1. The number of benzene rings is 1. The van der Waals surface area contributed by atoms with E-state index in [4.69, 9.17) is 22.1 Å². The zero-order valence-electron chi connectivity index (χ0n) is 19.5. The van der Waals surface area contributed by atoms with Gasteiger partial charge in [-0.2, -0.15) is 13.2 Å². The van der Waals surface area contributed by atoms with E-state index in [0.29, 0.717) is 67.7 Å². The average molecular weight is 533 g/mol. The van der Waals surface area contributed by atoms with Gasteiger partial charge in [0.2, 0.25) is 5.60 Å². The van der Waals surface area contributed by atoms with Gasteiger partial charge < -0.3 is 20.3 Å². The third-order valence-electron chi connectivity index (χ3n) is 6.76. The smallest absolute Gasteiger partial charge is 0.427 e. The number of likely N-dealkylation sites (tertiary alicyclic amines) is 1. The first-order valence-electron chi connectivity index (χ1n) is 11.4. The maximum atomic E-state index is 13.2. The Labute approximate surface area is 210 Å². The van der Waals surface area contributed by atoms with Gasteiger partial charge in [0.25, 0.3) is 5.91 Å². The largest absolute Gasteiger partial charge is 0.434 e. The number of carbonyl (C=O) groups excluding carboxylic acids is 2. The number of rotatable bonds is 3. The lowest BCUT2D eigenvalue weighted by Gasteiger charge is -2.43. The average Bonchev–Trinajstić information content (AvgIpc) is 3.12. The Morgan fingerprint density at radius 1 is 1.06 bits per heavy atom. The van der Waals surface area contributed by atoms with Gasteiger partial charge in [-0.3, -0.25) is 9.69 Å². The molecule has 4 rings (SSSR count). The van der Waals surface area contributed by atoms with Crippen LogP contribution >= 0.6 is 22.9 Å². The maximum Gasteiger partial charge on any atom is 0.427 e. The lowest BCUT2D eigenvalue weighted by molar-refractivity contribution is -0.246. The van der Waals surface area contributed by atoms with Crippen LogP contribution in [-0.2, 0) is 4.74 Å². The molecule has 0 saturated carbocycles. The number of hydrogen-bond acceptors (Lipinski definition) is 6. The highest BCUT2D eigenvalue weighted by Crippen LogP contribution is 2.36. The van der Waals surface area contributed by atoms with Crippen molar-refractivity contribution in [1.82, 2.24) is 14.7 Å². The van der Waals surface area contributed by atoms with E-state index in [-0.39, 0.29) is 11.9 Å². The van der Waals surface area contributed by atoms with E-state index in [1.165, 1.54) is 16.2 Å². The number of anilines is 1. The number of halogens is 4. The highest BCUT2D eigenvalue weighted by molar-refractivity contribution is 7.23. The van der Waals surface area contributed by atoms with Crippen LogP contribution in [0.1, 0.15) is 37.0 Å². The molecular formula is C23H28ClF3N4O3S. The van der Waals surface area contributed by atoms with E-state index < -0.39 is 17.9 Å². The van der Waals surface area contributed by atoms with Crippen molar-refractivity contribution in [3.63, 3.8) is 0 Å². The van der Waals surface area contributed by atoms with Crippen molar-refractivity contribution in [3.8, 4) is 0 Å². The Kier molecular flexibility index (Phi) is 7.14. The van der Waals surface area contributed by atoms with Gasteiger partial charge in [-0.1, -0.05) is 17.7 Å². The predicted molar refractivity (Wildman–Crippen MR) is 130 cm³/mol. The second-order valence-electron chi connectivity index (χ2n) is 9.40. The number of fused-ring (bicyclic) bond motifs is 1. The van der Waals surface area contributed by atoms with Crippen molar-refractivity contribution < 1.29 is 27.5 Å². The molecule has 2 aromatic rings. The molecule has 2 saturated heterocycles. The zero-order chi connectivity index (χ0) is 25.5. The van der Waals surface area contributed by atoms with E-state index in [0.717, 1.165) is 23.9 Å². The van der Waals surface area contributed by atoms with E-state index >= 15 is 0 Å². The zero-order valence-corrected chi connectivity index (χ0v) is 21.1. The Hall–Kier alpha value is -2.24. The fourth-order valence-corrected chi connectivity index (χ4v) is 5.75. The number of nitrogens with two attached hydrogens (primary N) is 1. The summed E-state index contributed by atoms with van der Waals surface area (Å²) in [5, 5.41) is 1.87. The van der Waals surface area contributed by atoms with Crippen LogP contribution in [0.4, 0.5) is 23.0 Å². The Morgan fingerprint density at radius 3 is 2.29 bits per heavy atom. The molecule has 2 aliphatic rings. The molecule has 3 heterocycles. The van der Waals surface area contributed by atoms with Crippen LogP contribution in [0.15, 0.2) is 18.2 Å². The molecule has 0 atom stereocenters. The van der Waals surface area contributed by atoms with Crippen molar-refractivity contribution in [2.75, 3.05) is 45.0 Å². The molecule has 0 unspecified atom stereocenters. The maximum absolute atomic E-state index is 13.2. The number of nitrogen functional groups attached to an aromatic ring is 1. The number of carbonyl (C=O) groups is 2. The van der Waals surface area contributed by atoms with Crippen LogP contribution in [0.2, 0.25) is 5.02 Å². The van der Waals surface area contributed by atoms with Crippen LogP contribution in [-0.4, -0.2) is 83.8 Å². The molecule has 0 radical (unpaired) electrons. The number of piperazine rings is 1. The molecule has 1 aromatic heterocycles. The molecule has 0 spiro atoms. The SMILES string of the molecule is CC(C)(OC(=O)N1CCC(N2CCN(C(=O)c3c(N)sc4cc(Cl)ccc34)CC2)CC1)C(F)(F)F. The third-order valence-corrected chi connectivity index (χ3v) is 7.98. The first kappa shape index (κ1) is 25.8. The number of alkyl halides is 3. The van der Waals surface area contributed by atoms with Crippen molar-refractivity contribution in [2.45, 2.75) is 44.5 Å². The van der Waals surface area contributed by atoms with Gasteiger partial charge in [-0.05, 0) is 38.8 Å². The minimum Gasteiger partial charge on any atom is -0.434 e. The molecule has 35 heavy (non-hydrogen) atoms. The summed E-state index contributed by atoms with van der Waals surface area (Å²) in [4.78, 5) is 30.9. The van der Waals surface area contributed by atoms with Crippen LogP contribution in [0.5, 0.6) is 0 Å². The van der Waals surface area contributed by atoms with Crippen molar-refractivity contribution in [2.24, 2.45) is 0 Å². The first-order chi connectivity index (χ1) is 16.4. The molecule has 7 nitrogen and oxygen atoms in total. The van der Waals surface area contributed by atoms with E-state index in [2.05, 4.69) is 4.90 Å². The second kappa shape index (κ2) is 9.67. The number of nitrogens with zero attached hydrogens (tertiary/aromatic N) is 3. The van der Waals surface area contributed by atoms with Crippen molar-refractivity contribution in [3.05, 3.63) is 28.8 Å². The van der Waals surface area contributed by atoms with Crippen molar-refractivity contribution >= 4 is 50.0 Å². The van der Waals surface area contributed by atoms with Gasteiger partial charge in [0.1, 0.15) is 0 Å². The summed E-state index contributed by atoms with van der Waals surface area (Å²) in [7, 11) is 0. The molecule has 0 bridgehead atoms. The minimum atomic E-state index is -4.63. The molecule has 2 N–H and O–H groups in total. The normalized spacial score (nSPS) is 18.8. The summed E-state index contributed by atoms with van der Waals surface area (Å²) in [6.45, 7) is 4.80. The second-order valence-corrected chi connectivity index (χ2v) is 10.9. The summed E-state index contributed by atoms with van der Waals surface area (Å²) in [5.74, 6) is -0.0967. The highest BCUT2D eigenvalue weighted by atomic mass is 35.5. The summed E-state index contributed by atoms with van der Waals surface area (Å²) in [6, 6.07) is 5.57. The molecule has 2 aliphatic heterocycles.